The van der Waals surface area contributed by atoms with E-state index >= 15 is 0 Å². The van der Waals surface area contributed by atoms with E-state index < -0.39 is 5.91 Å². The average molecular weight is 444 g/mol. The van der Waals surface area contributed by atoms with E-state index in [2.05, 4.69) is 20.8 Å². The predicted octanol–water partition coefficient (Wildman–Crippen LogP) is 4.26. The van der Waals surface area contributed by atoms with Gasteiger partial charge in [-0.1, -0.05) is 5.10 Å². The van der Waals surface area contributed by atoms with Gasteiger partial charge in [0.05, 0.1) is 14.2 Å². The summed E-state index contributed by atoms with van der Waals surface area (Å²) in [6.45, 7) is 0. The number of benzene rings is 3. The lowest BCUT2D eigenvalue weighted by Crippen LogP contribution is -2.14. The van der Waals surface area contributed by atoms with Crippen molar-refractivity contribution in [1.29, 1.82) is 0 Å². The number of hydrogen-bond acceptors (Lipinski definition) is 7. The number of nitrogens with zero attached hydrogens (tertiary/aromatic N) is 2. The van der Waals surface area contributed by atoms with Crippen LogP contribution in [0.25, 0.3) is 11.5 Å². The Morgan fingerprint density at radius 2 is 1.21 bits per heavy atom. The van der Waals surface area contributed by atoms with Gasteiger partial charge in [-0.2, -0.15) is 0 Å². The van der Waals surface area contributed by atoms with Crippen LogP contribution in [-0.2, 0) is 0 Å². The van der Waals surface area contributed by atoms with Crippen molar-refractivity contribution >= 4 is 23.5 Å². The van der Waals surface area contributed by atoms with Gasteiger partial charge < -0.3 is 19.2 Å². The number of methoxy groups -OCH3 is 2. The Morgan fingerprint density at radius 3 is 1.79 bits per heavy atom. The first kappa shape index (κ1) is 21.6. The molecule has 0 aliphatic carbocycles. The summed E-state index contributed by atoms with van der Waals surface area (Å²) in [4.78, 5) is 24.9. The van der Waals surface area contributed by atoms with Crippen LogP contribution >= 0.6 is 0 Å². The van der Waals surface area contributed by atoms with Crippen molar-refractivity contribution < 1.29 is 23.5 Å². The largest absolute Gasteiger partial charge is 0.497 e. The van der Waals surface area contributed by atoms with Gasteiger partial charge in [0.2, 0.25) is 5.89 Å². The molecule has 1 heterocycles. The third-order valence-corrected chi connectivity index (χ3v) is 4.74. The van der Waals surface area contributed by atoms with Gasteiger partial charge in [0.15, 0.2) is 0 Å². The van der Waals surface area contributed by atoms with Gasteiger partial charge >= 0.3 is 6.01 Å². The maximum atomic E-state index is 12.5. The van der Waals surface area contributed by atoms with E-state index in [1.54, 1.807) is 87.0 Å². The van der Waals surface area contributed by atoms with Crippen molar-refractivity contribution in [3.05, 3.63) is 83.9 Å². The standard InChI is InChI=1S/C24H20N4O5/c1-31-19-11-5-16(6-12-19)21(29)25-18-9-3-15(4-10-18)22(30)26-24-28-27-23(33-24)17-7-13-20(32-2)14-8-17/h3-14H,1-2H3,(H,25,29)(H,26,28,30). The van der Waals surface area contributed by atoms with E-state index in [0.29, 0.717) is 33.9 Å². The van der Waals surface area contributed by atoms with Crippen molar-refractivity contribution in [2.24, 2.45) is 0 Å². The summed E-state index contributed by atoms with van der Waals surface area (Å²) in [7, 11) is 3.14. The molecule has 0 bridgehead atoms. The van der Waals surface area contributed by atoms with Crippen LogP contribution in [-0.4, -0.2) is 36.2 Å². The highest BCUT2D eigenvalue weighted by Crippen LogP contribution is 2.23. The molecule has 0 atom stereocenters. The normalized spacial score (nSPS) is 10.4. The van der Waals surface area contributed by atoms with Gasteiger partial charge in [-0.15, -0.1) is 5.10 Å². The molecule has 2 N–H and O–H groups in total. The molecule has 9 heteroatoms. The second-order valence-electron chi connectivity index (χ2n) is 6.85. The topological polar surface area (TPSA) is 116 Å². The Hall–Kier alpha value is -4.66. The van der Waals surface area contributed by atoms with Crippen molar-refractivity contribution in [2.75, 3.05) is 24.9 Å². The molecule has 0 saturated carbocycles. The van der Waals surface area contributed by atoms with Gasteiger partial charge in [-0.05, 0) is 72.8 Å². The molecule has 0 saturated heterocycles. The minimum atomic E-state index is -0.423. The SMILES string of the molecule is COc1ccc(C(=O)Nc2ccc(C(=O)Nc3nnc(-c4ccc(OC)cc4)o3)cc2)cc1. The van der Waals surface area contributed by atoms with Gasteiger partial charge in [0, 0.05) is 22.4 Å². The third-order valence-electron chi connectivity index (χ3n) is 4.74. The van der Waals surface area contributed by atoms with Crippen molar-refractivity contribution in [3.8, 4) is 23.0 Å². The number of carbonyl (C=O) groups is 2. The van der Waals surface area contributed by atoms with Crippen LogP contribution in [0, 0.1) is 0 Å². The lowest BCUT2D eigenvalue weighted by molar-refractivity contribution is 0.101. The Bertz CT molecular complexity index is 1250. The summed E-state index contributed by atoms with van der Waals surface area (Å²) in [5.41, 5.74) is 2.09. The van der Waals surface area contributed by atoms with Gasteiger partial charge in [-0.3, -0.25) is 14.9 Å². The zero-order valence-electron chi connectivity index (χ0n) is 17.9. The number of aromatic nitrogens is 2. The maximum absolute atomic E-state index is 12.5. The first-order chi connectivity index (χ1) is 16.1. The van der Waals surface area contributed by atoms with E-state index in [1.165, 1.54) is 0 Å². The number of amides is 2. The van der Waals surface area contributed by atoms with Crippen molar-refractivity contribution in [3.63, 3.8) is 0 Å². The summed E-state index contributed by atoms with van der Waals surface area (Å²) < 4.78 is 15.7. The minimum absolute atomic E-state index is 0.0253. The summed E-state index contributed by atoms with van der Waals surface area (Å²) >= 11 is 0. The Kier molecular flexibility index (Phi) is 6.31. The minimum Gasteiger partial charge on any atom is -0.497 e. The number of carbonyl (C=O) groups excluding carboxylic acids is 2. The molecule has 3 aromatic carbocycles. The van der Waals surface area contributed by atoms with E-state index in [9.17, 15) is 9.59 Å². The monoisotopic (exact) mass is 444 g/mol. The molecule has 2 amide bonds. The smallest absolute Gasteiger partial charge is 0.322 e. The van der Waals surface area contributed by atoms with Crippen LogP contribution in [0.3, 0.4) is 0 Å². The number of anilines is 2. The van der Waals surface area contributed by atoms with E-state index in [-0.39, 0.29) is 17.8 Å². The van der Waals surface area contributed by atoms with E-state index in [4.69, 9.17) is 13.9 Å². The molecule has 0 aliphatic heterocycles. The maximum Gasteiger partial charge on any atom is 0.322 e. The molecule has 33 heavy (non-hydrogen) atoms. The Labute approximate surface area is 189 Å². The van der Waals surface area contributed by atoms with Gasteiger partial charge in [0.25, 0.3) is 11.8 Å². The average Bonchev–Trinajstić information content (AvgIpc) is 3.33. The third kappa shape index (κ3) is 5.16. The number of rotatable bonds is 7. The molecule has 0 unspecified atom stereocenters. The van der Waals surface area contributed by atoms with Gasteiger partial charge in [0.1, 0.15) is 11.5 Å². The first-order valence-corrected chi connectivity index (χ1v) is 9.90. The van der Waals surface area contributed by atoms with Crippen molar-refractivity contribution in [2.45, 2.75) is 0 Å². The molecular formula is C24H20N4O5. The molecule has 4 rings (SSSR count). The summed E-state index contributed by atoms with van der Waals surface area (Å²) in [5, 5.41) is 13.1. The molecule has 0 aliphatic rings. The highest BCUT2D eigenvalue weighted by atomic mass is 16.5. The Balaban J connectivity index is 1.37. The molecule has 0 radical (unpaired) electrons. The fourth-order valence-corrected chi connectivity index (χ4v) is 2.94. The van der Waals surface area contributed by atoms with Crippen molar-refractivity contribution in [1.82, 2.24) is 10.2 Å². The molecule has 166 valence electrons. The molecular weight excluding hydrogens is 424 g/mol. The van der Waals surface area contributed by atoms with Crippen LogP contribution in [0.15, 0.2) is 77.2 Å². The van der Waals surface area contributed by atoms with E-state index in [1.807, 2.05) is 0 Å². The number of nitrogens with one attached hydrogen (secondary N) is 2. The summed E-state index contributed by atoms with van der Waals surface area (Å²) in [6, 6.07) is 20.2. The van der Waals surface area contributed by atoms with Gasteiger partial charge in [-0.25, -0.2) is 0 Å². The first-order valence-electron chi connectivity index (χ1n) is 9.90. The zero-order chi connectivity index (χ0) is 23.2. The van der Waals surface area contributed by atoms with Crippen LogP contribution in [0.2, 0.25) is 0 Å². The fourth-order valence-electron chi connectivity index (χ4n) is 2.94. The van der Waals surface area contributed by atoms with Crippen LogP contribution in [0.4, 0.5) is 11.7 Å². The molecule has 0 fully saturated rings. The zero-order valence-corrected chi connectivity index (χ0v) is 17.9. The van der Waals surface area contributed by atoms with Crippen LogP contribution in [0.1, 0.15) is 20.7 Å². The highest BCUT2D eigenvalue weighted by molar-refractivity contribution is 6.05. The molecule has 9 nitrogen and oxygen atoms in total. The lowest BCUT2D eigenvalue weighted by atomic mass is 10.1. The van der Waals surface area contributed by atoms with Crippen LogP contribution in [0.5, 0.6) is 11.5 Å². The summed E-state index contributed by atoms with van der Waals surface area (Å²) in [5.74, 6) is 0.944. The molecule has 0 spiro atoms. The molecule has 1 aromatic heterocycles. The number of hydrogen-bond donors (Lipinski definition) is 2. The summed E-state index contributed by atoms with van der Waals surface area (Å²) in [6.07, 6.45) is 0. The molecule has 4 aromatic rings. The second kappa shape index (κ2) is 9.65. The fraction of sp³-hybridized carbons (Fsp3) is 0.0833. The highest BCUT2D eigenvalue weighted by Gasteiger charge is 2.13. The quantitative estimate of drug-likeness (QED) is 0.438. The number of ether oxygens (including phenoxy) is 2. The second-order valence-corrected chi connectivity index (χ2v) is 6.85. The van der Waals surface area contributed by atoms with E-state index in [0.717, 1.165) is 0 Å². The Morgan fingerprint density at radius 1 is 0.697 bits per heavy atom. The van der Waals surface area contributed by atoms with Crippen LogP contribution < -0.4 is 20.1 Å². The lowest BCUT2D eigenvalue weighted by Gasteiger charge is -2.07. The predicted molar refractivity (Wildman–Crippen MR) is 122 cm³/mol.